The Morgan fingerprint density at radius 3 is 2.07 bits per heavy atom. The molecule has 610 valence electrons. The van der Waals surface area contributed by atoms with Gasteiger partial charge in [0.1, 0.15) is 28.8 Å². The fourth-order valence-corrected chi connectivity index (χ4v) is 16.2. The Morgan fingerprint density at radius 2 is 1.39 bits per heavy atom. The molecule has 0 radical (unpaired) electrons. The summed E-state index contributed by atoms with van der Waals surface area (Å²) >= 11 is 13.5. The molecule has 1 unspecified atom stereocenters. The maximum absolute atomic E-state index is 13.6. The first-order valence-corrected chi connectivity index (χ1v) is 41.4. The highest BCUT2D eigenvalue weighted by Crippen LogP contribution is 2.36. The predicted octanol–water partition coefficient (Wildman–Crippen LogP) is 16.2. The summed E-state index contributed by atoms with van der Waals surface area (Å²) in [7, 11) is -4.25. The number of nitrogens with zero attached hydrogens (tertiary/aromatic N) is 3. The van der Waals surface area contributed by atoms with Crippen LogP contribution in [0.4, 0.5) is 33.3 Å². The Morgan fingerprint density at radius 1 is 0.709 bits per heavy atom. The number of hydrogen-bond donors (Lipinski definition) is 5. The van der Waals surface area contributed by atoms with Crippen molar-refractivity contribution in [3.63, 3.8) is 0 Å². The number of esters is 1. The first kappa shape index (κ1) is 87.8. The Balaban J connectivity index is 0.000000167. The van der Waals surface area contributed by atoms with Gasteiger partial charge in [-0.25, -0.2) is 30.6 Å². The number of aromatic amines is 1. The van der Waals surface area contributed by atoms with Crippen molar-refractivity contribution in [2.75, 3.05) is 63.1 Å². The van der Waals surface area contributed by atoms with E-state index in [1.165, 1.54) is 65.9 Å². The molecule has 4 heterocycles. The lowest BCUT2D eigenvalue weighted by molar-refractivity contribution is -0.146. The minimum absolute atomic E-state index is 0.0102. The molecule has 13 rings (SSSR count). The molecule has 1 aliphatic heterocycles. The van der Waals surface area contributed by atoms with Crippen molar-refractivity contribution in [1.29, 1.82) is 0 Å². The van der Waals surface area contributed by atoms with E-state index < -0.39 is 89.8 Å². The normalized spacial score (nSPS) is 12.8. The van der Waals surface area contributed by atoms with E-state index in [0.29, 0.717) is 78.9 Å². The molecule has 3 aromatic heterocycles. The number of aromatic nitrogens is 3. The number of methoxy groups -OCH3 is 2. The zero-order valence-electron chi connectivity index (χ0n) is 64.1. The number of rotatable bonds is 25. The number of carbonyl (C=O) groups excluding carboxylic acids is 6. The number of para-hydroxylation sites is 3. The van der Waals surface area contributed by atoms with Crippen LogP contribution in [0.2, 0.25) is 10.0 Å². The van der Waals surface area contributed by atoms with Gasteiger partial charge < -0.3 is 45.0 Å². The van der Waals surface area contributed by atoms with Crippen LogP contribution in [-0.2, 0) is 82.1 Å². The van der Waals surface area contributed by atoms with E-state index in [1.54, 1.807) is 14.2 Å². The standard InChI is InChI=1S/C25H30N4O4.C23H19ClF3NO5S2.C21H18F2N2O3S.C17H14ClNO/c1-32-19-8-7-18(23(13-19)33-2)16-29-12-11-27-25(31)22(29)14-24(30)26-10-9-17-15-28-21-6-4-3-5-20(17)21;1-34(30,31)19-9-7-18(8-10-19)28-22(29)16-4-2-15(3-5-16)12-13-35(32,33)21-14-17(23(25,26)27)6-11-20(21)24;1-12-6-8-14(9-7-12)20-17(29-13(2)24-20)10-19(27)28-11-18(26)25-21-15(22)4-3-5-16(21)23;1-12-6-7-13(16(18)8-12)9-19-10-14(11-20)15-4-2-3-5-17(15)19/h3-8,13,15,22,28H,9-12,14,16H2,1-2H3,(H,26,30)(H,27,31);2-11,14H,12-13H2,1H3,(H,28,29);3-9H,10-11H2,1-2H3,(H,25,26);2-8,10-11H,9H2,1H3. The van der Waals surface area contributed by atoms with Crippen molar-refractivity contribution in [3.05, 3.63) is 288 Å². The van der Waals surface area contributed by atoms with Gasteiger partial charge in [-0.15, -0.1) is 11.3 Å². The number of carbonyl (C=O) groups is 6. The molecule has 117 heavy (non-hydrogen) atoms. The lowest BCUT2D eigenvalue weighted by Gasteiger charge is -2.35. The van der Waals surface area contributed by atoms with Crippen LogP contribution in [-0.4, -0.2) is 131 Å². The Hall–Kier alpha value is -11.6. The third kappa shape index (κ3) is 24.0. The van der Waals surface area contributed by atoms with Gasteiger partial charge in [-0.2, -0.15) is 13.2 Å². The number of ether oxygens (including phenoxy) is 3. The van der Waals surface area contributed by atoms with Crippen molar-refractivity contribution in [2.45, 2.75) is 81.6 Å². The molecule has 12 aromatic rings. The van der Waals surface area contributed by atoms with Crippen LogP contribution < -0.4 is 30.7 Å². The number of H-pyrrole nitrogens is 1. The number of aryl methyl sites for hydroxylation is 4. The third-order valence-corrected chi connectivity index (χ3v) is 23.3. The van der Waals surface area contributed by atoms with Crippen LogP contribution in [0.5, 0.6) is 11.5 Å². The number of fused-ring (bicyclic) bond motifs is 2. The smallest absolute Gasteiger partial charge is 0.416 e. The quantitative estimate of drug-likeness (QED) is 0.0202. The highest BCUT2D eigenvalue weighted by atomic mass is 35.5. The van der Waals surface area contributed by atoms with Gasteiger partial charge in [-0.1, -0.05) is 126 Å². The summed E-state index contributed by atoms with van der Waals surface area (Å²) in [5, 5.41) is 14.0. The molecule has 31 heteroatoms. The van der Waals surface area contributed by atoms with Gasteiger partial charge in [0.25, 0.3) is 11.8 Å². The molecule has 1 fully saturated rings. The Kier molecular flexibility index (Phi) is 29.9. The number of hydrogen-bond acceptors (Lipinski definition) is 16. The summed E-state index contributed by atoms with van der Waals surface area (Å²) in [6.45, 7) is 8.09. The van der Waals surface area contributed by atoms with Gasteiger partial charge in [0.2, 0.25) is 11.8 Å². The van der Waals surface area contributed by atoms with Gasteiger partial charge in [0.15, 0.2) is 32.6 Å². The molecule has 4 amide bonds. The number of benzene rings is 9. The average Bonchev–Trinajstić information content (AvgIpc) is 1.37. The van der Waals surface area contributed by atoms with E-state index in [2.05, 4.69) is 41.9 Å². The molecule has 5 N–H and O–H groups in total. The topological polar surface area (TPSA) is 283 Å². The summed E-state index contributed by atoms with van der Waals surface area (Å²) in [5.74, 6) is -3.09. The van der Waals surface area contributed by atoms with Crippen LogP contribution in [0, 0.1) is 32.4 Å². The maximum Gasteiger partial charge on any atom is 0.416 e. The van der Waals surface area contributed by atoms with Gasteiger partial charge in [-0.05, 0) is 147 Å². The second kappa shape index (κ2) is 39.8. The lowest BCUT2D eigenvalue weighted by Crippen LogP contribution is -2.56. The first-order chi connectivity index (χ1) is 55.8. The lowest BCUT2D eigenvalue weighted by atomic mass is 10.1. The number of halogens is 7. The fourth-order valence-electron chi connectivity index (χ4n) is 12.5. The molecule has 0 saturated carbocycles. The summed E-state index contributed by atoms with van der Waals surface area (Å²) in [5.41, 5.74) is 9.35. The Bertz CT molecular complexity index is 5810. The van der Waals surface area contributed by atoms with Crippen molar-refractivity contribution in [2.24, 2.45) is 0 Å². The molecular weight excluding hydrogens is 1620 g/mol. The van der Waals surface area contributed by atoms with Crippen LogP contribution in [0.1, 0.15) is 76.0 Å². The van der Waals surface area contributed by atoms with Crippen LogP contribution in [0.15, 0.2) is 216 Å². The van der Waals surface area contributed by atoms with Crippen molar-refractivity contribution in [1.82, 2.24) is 30.1 Å². The minimum atomic E-state index is -4.71. The van der Waals surface area contributed by atoms with E-state index in [-0.39, 0.29) is 46.6 Å². The molecule has 21 nitrogen and oxygen atoms in total. The first-order valence-electron chi connectivity index (χ1n) is 36.3. The number of thiazole rings is 1. The molecule has 1 saturated heterocycles. The highest BCUT2D eigenvalue weighted by molar-refractivity contribution is 7.91. The maximum atomic E-state index is 13.6. The van der Waals surface area contributed by atoms with Crippen LogP contribution in [0.3, 0.4) is 0 Å². The van der Waals surface area contributed by atoms with E-state index in [0.717, 1.165) is 107 Å². The average molecular weight is 1700 g/mol. The number of alkyl halides is 3. The molecule has 1 atom stereocenters. The fraction of sp³-hybridized carbons (Fsp3) is 0.221. The number of anilines is 2. The molecule has 0 spiro atoms. The van der Waals surface area contributed by atoms with E-state index in [4.69, 9.17) is 37.4 Å². The molecular formula is C86H81Cl2F5N8O13S3. The highest BCUT2D eigenvalue weighted by Gasteiger charge is 2.34. The summed E-state index contributed by atoms with van der Waals surface area (Å²) in [6.07, 6.45) is 1.89. The van der Waals surface area contributed by atoms with Crippen molar-refractivity contribution >= 4 is 123 Å². The molecule has 1 aliphatic rings. The number of sulfone groups is 2. The second-order valence-electron chi connectivity index (χ2n) is 27.1. The largest absolute Gasteiger partial charge is 0.497 e. The number of amides is 4. The molecule has 0 bridgehead atoms. The monoisotopic (exact) mass is 1690 g/mol. The zero-order chi connectivity index (χ0) is 84.3. The van der Waals surface area contributed by atoms with E-state index in [1.807, 2.05) is 141 Å². The van der Waals surface area contributed by atoms with E-state index in [9.17, 15) is 67.6 Å². The SMILES string of the molecule is COc1ccc(CN2CCNC(=O)C2CC(=O)NCCc2c[nH]c3ccccc23)c(OC)c1.CS(=O)(=O)c1ccc(NC(=O)c2ccc(CCS(=O)(=O)c3cc(C(F)(F)F)ccc3Cl)cc2)cc1.Cc1ccc(-c2nc(C)sc2CC(=O)OCC(=O)Nc2c(F)cccc2F)cc1.Cc1ccc(Cn2cc(C=O)c3ccccc32)c(Cl)c1. The van der Waals surface area contributed by atoms with Gasteiger partial charge in [0.05, 0.1) is 69.9 Å². The van der Waals surface area contributed by atoms with Crippen molar-refractivity contribution in [3.8, 4) is 22.8 Å². The number of aldehydes is 1. The van der Waals surface area contributed by atoms with Gasteiger partial charge in [0, 0.05) is 117 Å². The predicted molar refractivity (Wildman–Crippen MR) is 442 cm³/mol. The second-order valence-corrected chi connectivity index (χ2v) is 33.3. The van der Waals surface area contributed by atoms with Crippen LogP contribution in [0.25, 0.3) is 33.1 Å². The third-order valence-electron chi connectivity index (χ3n) is 18.6. The van der Waals surface area contributed by atoms with Crippen molar-refractivity contribution < 1.29 is 81.8 Å². The minimum Gasteiger partial charge on any atom is -0.497 e. The van der Waals surface area contributed by atoms with Crippen LogP contribution >= 0.6 is 34.5 Å². The Labute approximate surface area is 686 Å². The number of piperazine rings is 1. The summed E-state index contributed by atoms with van der Waals surface area (Å²) < 4.78 is 132. The molecule has 0 aliphatic carbocycles. The van der Waals surface area contributed by atoms with E-state index >= 15 is 0 Å². The summed E-state index contributed by atoms with van der Waals surface area (Å²) in [6, 6.07) is 51.9. The zero-order valence-corrected chi connectivity index (χ0v) is 68.0. The molecule has 9 aromatic carbocycles. The van der Waals surface area contributed by atoms with Gasteiger partial charge >= 0.3 is 12.1 Å². The number of nitrogens with one attached hydrogen (secondary N) is 5. The van der Waals surface area contributed by atoms with Gasteiger partial charge in [-0.3, -0.25) is 33.7 Å². The summed E-state index contributed by atoms with van der Waals surface area (Å²) in [4.78, 5) is 82.9.